The van der Waals surface area contributed by atoms with Crippen molar-refractivity contribution >= 4 is 60.4 Å². The molecule has 3 aliphatic carbocycles. The Morgan fingerprint density at radius 1 is 0.457 bits per heavy atom. The molecule has 0 amide bonds. The highest BCUT2D eigenvalue weighted by atomic mass is 16.5. The van der Waals surface area contributed by atoms with Crippen molar-refractivity contribution in [3.8, 4) is 33.8 Å². The molecule has 0 N–H and O–H groups in total. The molecule has 0 radical (unpaired) electrons. The van der Waals surface area contributed by atoms with E-state index in [0.29, 0.717) is 0 Å². The molecule has 1 aromatic heterocycles. The highest BCUT2D eigenvalue weighted by molar-refractivity contribution is 6.06. The number of nitrogens with zero attached hydrogens (tertiary/aromatic N) is 1. The van der Waals surface area contributed by atoms with E-state index in [1.165, 1.54) is 77.6 Å². The second-order valence-corrected chi connectivity index (χ2v) is 20.2. The van der Waals surface area contributed by atoms with Gasteiger partial charge in [0.15, 0.2) is 0 Å². The van der Waals surface area contributed by atoms with Gasteiger partial charge in [-0.1, -0.05) is 190 Å². The van der Waals surface area contributed by atoms with Crippen molar-refractivity contribution in [1.29, 1.82) is 0 Å². The van der Waals surface area contributed by atoms with Crippen LogP contribution in [0.15, 0.2) is 228 Å². The predicted octanol–water partition coefficient (Wildman–Crippen LogP) is 17.6. The van der Waals surface area contributed by atoms with Crippen molar-refractivity contribution in [2.45, 2.75) is 43.6 Å². The Bertz CT molecular complexity index is 4000. The molecule has 0 saturated carbocycles. The fraction of sp³-hybridized carbons (Fsp3) is 0.104. The largest absolute Gasteiger partial charge is 0.456 e. The van der Waals surface area contributed by atoms with E-state index in [9.17, 15) is 0 Å². The summed E-state index contributed by atoms with van der Waals surface area (Å²) in [6, 6.07) is 76.4. The van der Waals surface area contributed by atoms with Crippen molar-refractivity contribution in [2.75, 3.05) is 4.90 Å². The van der Waals surface area contributed by atoms with Crippen molar-refractivity contribution in [2.24, 2.45) is 0 Å². The van der Waals surface area contributed by atoms with E-state index in [2.05, 4.69) is 231 Å². The lowest BCUT2D eigenvalue weighted by Crippen LogP contribution is -2.32. The molecule has 0 fully saturated rings. The molecule has 15 rings (SSSR count). The van der Waals surface area contributed by atoms with Crippen LogP contribution in [-0.4, -0.2) is 6.04 Å². The fourth-order valence-electron chi connectivity index (χ4n) is 13.2. The highest BCUT2D eigenvalue weighted by Crippen LogP contribution is 2.64. The number of para-hydroxylation sites is 1. The SMILES string of the molecule is CC1(C)C2=C(CC(N(c3ccc(-c4ccc5c(c4)-c4ccccc4C54c5ccc6ccccc6c5Oc5c4ccc4ccccc54)cc3)c3ccc4c(c3)oc3ccccc34)CC=C2)c2ccccc21. The second kappa shape index (κ2) is 14.6. The van der Waals surface area contributed by atoms with Crippen LogP contribution in [0.4, 0.5) is 11.4 Å². The molecule has 70 heavy (non-hydrogen) atoms. The second-order valence-electron chi connectivity index (χ2n) is 20.2. The average molecular weight is 898 g/mol. The van der Waals surface area contributed by atoms with Crippen LogP contribution in [0.3, 0.4) is 0 Å². The topological polar surface area (TPSA) is 25.6 Å². The molecule has 1 unspecified atom stereocenters. The van der Waals surface area contributed by atoms with Gasteiger partial charge in [-0.25, -0.2) is 0 Å². The van der Waals surface area contributed by atoms with Gasteiger partial charge in [-0.15, -0.1) is 0 Å². The van der Waals surface area contributed by atoms with Crippen LogP contribution in [0.25, 0.3) is 71.3 Å². The summed E-state index contributed by atoms with van der Waals surface area (Å²) in [6.45, 7) is 4.76. The van der Waals surface area contributed by atoms with Crippen molar-refractivity contribution in [1.82, 2.24) is 0 Å². The standard InChI is InChI=1S/C67H47NO2/c1-66(2)56-22-10-7-19-50(56)55-39-46(16-13-24-57(55)66)68(47-33-34-53-52-21-9-12-25-62(52)69-63(53)40-47)45-31-26-41(27-32-45)44-30-35-59-54(38-44)51-20-8-11-23-58(51)67(59)60-36-28-42-14-3-5-17-48(42)64(60)70-65-49-18-6-4-15-43(49)29-37-61(65)67/h3-15,17-38,40,46H,16,39H2,1-2H3. The van der Waals surface area contributed by atoms with E-state index in [1.807, 2.05) is 6.07 Å². The van der Waals surface area contributed by atoms with E-state index in [1.54, 1.807) is 0 Å². The van der Waals surface area contributed by atoms with Crippen LogP contribution in [0, 0.1) is 0 Å². The number of hydrogen-bond donors (Lipinski definition) is 0. The lowest BCUT2D eigenvalue weighted by molar-refractivity contribution is 0.447. The van der Waals surface area contributed by atoms with Gasteiger partial charge in [0.1, 0.15) is 22.7 Å². The molecule has 11 aromatic rings. The Morgan fingerprint density at radius 2 is 1.04 bits per heavy atom. The summed E-state index contributed by atoms with van der Waals surface area (Å²) in [6.07, 6.45) is 6.67. The fourth-order valence-corrected chi connectivity index (χ4v) is 13.2. The van der Waals surface area contributed by atoms with Crippen molar-refractivity contribution < 1.29 is 9.15 Å². The van der Waals surface area contributed by atoms with Gasteiger partial charge in [0.05, 0.1) is 5.41 Å². The number of furan rings is 1. The van der Waals surface area contributed by atoms with Gasteiger partial charge in [0, 0.05) is 61.6 Å². The summed E-state index contributed by atoms with van der Waals surface area (Å²) < 4.78 is 13.7. The lowest BCUT2D eigenvalue weighted by Gasteiger charge is -2.40. The van der Waals surface area contributed by atoms with Crippen molar-refractivity contribution in [3.63, 3.8) is 0 Å². The smallest absolute Gasteiger partial charge is 0.140 e. The van der Waals surface area contributed by atoms with Crippen LogP contribution < -0.4 is 9.64 Å². The first-order chi connectivity index (χ1) is 34.4. The van der Waals surface area contributed by atoms with Crippen LogP contribution in [0.2, 0.25) is 0 Å². The first-order valence-corrected chi connectivity index (χ1v) is 24.7. The normalized spacial score (nSPS) is 16.7. The Labute approximate surface area is 407 Å². The van der Waals surface area contributed by atoms with Gasteiger partial charge in [-0.3, -0.25) is 0 Å². The summed E-state index contributed by atoms with van der Waals surface area (Å²) >= 11 is 0. The number of hydrogen-bond acceptors (Lipinski definition) is 3. The molecule has 3 nitrogen and oxygen atoms in total. The van der Waals surface area contributed by atoms with E-state index < -0.39 is 5.41 Å². The summed E-state index contributed by atoms with van der Waals surface area (Å²) in [4.78, 5) is 2.57. The minimum Gasteiger partial charge on any atom is -0.456 e. The maximum Gasteiger partial charge on any atom is 0.140 e. The number of allylic oxidation sites excluding steroid dienone is 2. The molecule has 332 valence electrons. The van der Waals surface area contributed by atoms with Crippen LogP contribution >= 0.6 is 0 Å². The molecule has 3 heteroatoms. The number of rotatable bonds is 4. The number of benzene rings is 10. The summed E-state index contributed by atoms with van der Waals surface area (Å²) in [5.41, 5.74) is 19.0. The zero-order valence-electron chi connectivity index (χ0n) is 39.0. The molecule has 4 aliphatic rings. The van der Waals surface area contributed by atoms with Crippen LogP contribution in [0.1, 0.15) is 60.1 Å². The number of ether oxygens (including phenoxy) is 1. The average Bonchev–Trinajstić information content (AvgIpc) is 3.90. The summed E-state index contributed by atoms with van der Waals surface area (Å²) in [7, 11) is 0. The monoisotopic (exact) mass is 897 g/mol. The van der Waals surface area contributed by atoms with E-state index in [4.69, 9.17) is 9.15 Å². The maximum atomic E-state index is 7.19. The summed E-state index contributed by atoms with van der Waals surface area (Å²) in [5.74, 6) is 1.87. The molecular weight excluding hydrogens is 851 g/mol. The zero-order chi connectivity index (χ0) is 46.3. The van der Waals surface area contributed by atoms with Crippen molar-refractivity contribution in [3.05, 3.63) is 257 Å². The third kappa shape index (κ3) is 5.40. The molecule has 10 aromatic carbocycles. The molecule has 0 saturated heterocycles. The molecular formula is C67H47NO2. The molecule has 0 bridgehead atoms. The Balaban J connectivity index is 0.874. The molecule has 1 spiro atoms. The molecule has 2 heterocycles. The van der Waals surface area contributed by atoms with E-state index >= 15 is 0 Å². The van der Waals surface area contributed by atoms with Gasteiger partial charge >= 0.3 is 0 Å². The third-order valence-electron chi connectivity index (χ3n) is 16.4. The third-order valence-corrected chi connectivity index (χ3v) is 16.4. The lowest BCUT2D eigenvalue weighted by atomic mass is 9.65. The highest BCUT2D eigenvalue weighted by Gasteiger charge is 2.52. The van der Waals surface area contributed by atoms with Crippen LogP contribution in [-0.2, 0) is 10.8 Å². The maximum absolute atomic E-state index is 7.19. The number of fused-ring (bicyclic) bond motifs is 18. The Hall–Kier alpha value is -8.40. The predicted molar refractivity (Wildman–Crippen MR) is 289 cm³/mol. The van der Waals surface area contributed by atoms with Gasteiger partial charge in [0.25, 0.3) is 0 Å². The Morgan fingerprint density at radius 3 is 1.80 bits per heavy atom. The molecule has 1 aliphatic heterocycles. The van der Waals surface area contributed by atoms with Gasteiger partial charge in [-0.2, -0.15) is 0 Å². The Kier molecular flexibility index (Phi) is 8.23. The van der Waals surface area contributed by atoms with E-state index in [0.717, 1.165) is 68.4 Å². The first kappa shape index (κ1) is 39.6. The van der Waals surface area contributed by atoms with E-state index in [-0.39, 0.29) is 11.5 Å². The quantitative estimate of drug-likeness (QED) is 0.176. The van der Waals surface area contributed by atoms with Gasteiger partial charge in [0.2, 0.25) is 0 Å². The van der Waals surface area contributed by atoms with Crippen LogP contribution in [0.5, 0.6) is 11.5 Å². The van der Waals surface area contributed by atoms with Gasteiger partial charge in [-0.05, 0) is 116 Å². The summed E-state index contributed by atoms with van der Waals surface area (Å²) in [5, 5.41) is 6.88. The first-order valence-electron chi connectivity index (χ1n) is 24.7. The minimum atomic E-state index is -0.579. The zero-order valence-corrected chi connectivity index (χ0v) is 39.0. The minimum absolute atomic E-state index is 0.0483. The molecule has 1 atom stereocenters. The van der Waals surface area contributed by atoms with Gasteiger partial charge < -0.3 is 14.1 Å². The number of anilines is 2.